The van der Waals surface area contributed by atoms with Crippen molar-refractivity contribution in [1.82, 2.24) is 9.88 Å². The highest BCUT2D eigenvalue weighted by molar-refractivity contribution is 5.73. The van der Waals surface area contributed by atoms with E-state index in [0.717, 1.165) is 18.4 Å². The van der Waals surface area contributed by atoms with Crippen LogP contribution in [0.2, 0.25) is 0 Å². The Kier molecular flexibility index (Phi) is 3.00. The van der Waals surface area contributed by atoms with Crippen LogP contribution in [0.3, 0.4) is 0 Å². The van der Waals surface area contributed by atoms with Crippen LogP contribution in [0.5, 0.6) is 0 Å². The Morgan fingerprint density at radius 1 is 1.50 bits per heavy atom. The minimum absolute atomic E-state index is 0.000167. The second kappa shape index (κ2) is 4.70. The molecule has 2 N–H and O–H groups in total. The van der Waals surface area contributed by atoms with E-state index < -0.39 is 11.8 Å². The summed E-state index contributed by atoms with van der Waals surface area (Å²) in [5.74, 6) is -0.156. The molecule has 1 unspecified atom stereocenters. The third kappa shape index (κ3) is 2.17. The van der Waals surface area contributed by atoms with Crippen molar-refractivity contribution in [3.63, 3.8) is 0 Å². The van der Waals surface area contributed by atoms with Crippen LogP contribution in [0.4, 0.5) is 4.79 Å². The molecule has 0 bridgehead atoms. The van der Waals surface area contributed by atoms with Crippen LogP contribution < -0.4 is 5.76 Å². The number of piperidine rings is 1. The van der Waals surface area contributed by atoms with Crippen molar-refractivity contribution >= 4 is 17.2 Å². The SMILES string of the molecule is C[C@H]1CC(c2ccc3[nH]c(=O)oc3c2)CCN1C(=O)O. The Morgan fingerprint density at radius 3 is 3.00 bits per heavy atom. The zero-order valence-corrected chi connectivity index (χ0v) is 11.1. The maximum Gasteiger partial charge on any atom is 0.417 e. The molecule has 2 aromatic rings. The quantitative estimate of drug-likeness (QED) is 0.837. The van der Waals surface area contributed by atoms with E-state index in [9.17, 15) is 9.59 Å². The van der Waals surface area contributed by atoms with Crippen molar-refractivity contribution in [3.8, 4) is 0 Å². The molecule has 6 nitrogen and oxygen atoms in total. The summed E-state index contributed by atoms with van der Waals surface area (Å²) >= 11 is 0. The highest BCUT2D eigenvalue weighted by atomic mass is 16.4. The summed E-state index contributed by atoms with van der Waals surface area (Å²) in [7, 11) is 0. The van der Waals surface area contributed by atoms with Gasteiger partial charge in [0.2, 0.25) is 0 Å². The zero-order chi connectivity index (χ0) is 14.3. The molecule has 20 heavy (non-hydrogen) atoms. The van der Waals surface area contributed by atoms with Gasteiger partial charge < -0.3 is 14.4 Å². The third-order valence-corrected chi connectivity index (χ3v) is 4.04. The fraction of sp³-hybridized carbons (Fsp3) is 0.429. The van der Waals surface area contributed by atoms with Crippen molar-refractivity contribution in [2.75, 3.05) is 6.54 Å². The molecule has 6 heteroatoms. The van der Waals surface area contributed by atoms with E-state index in [1.807, 2.05) is 25.1 Å². The highest BCUT2D eigenvalue weighted by Gasteiger charge is 2.29. The van der Waals surface area contributed by atoms with Crippen molar-refractivity contribution in [2.45, 2.75) is 31.7 Å². The molecular weight excluding hydrogens is 260 g/mol. The van der Waals surface area contributed by atoms with Crippen LogP contribution in [-0.2, 0) is 0 Å². The number of nitrogens with one attached hydrogen (secondary N) is 1. The molecule has 1 aromatic heterocycles. The number of hydrogen-bond donors (Lipinski definition) is 2. The number of fused-ring (bicyclic) bond motifs is 1. The Labute approximate surface area is 115 Å². The molecule has 3 rings (SSSR count). The number of aromatic nitrogens is 1. The normalized spacial score (nSPS) is 23.1. The van der Waals surface area contributed by atoms with Gasteiger partial charge in [0.1, 0.15) is 0 Å². The number of benzene rings is 1. The number of carboxylic acid groups (broad SMARTS) is 1. The first-order valence-electron chi connectivity index (χ1n) is 6.67. The van der Waals surface area contributed by atoms with Gasteiger partial charge in [0.05, 0.1) is 5.52 Å². The zero-order valence-electron chi connectivity index (χ0n) is 11.1. The lowest BCUT2D eigenvalue weighted by Crippen LogP contribution is -2.43. The predicted molar refractivity (Wildman–Crippen MR) is 73.0 cm³/mol. The second-order valence-corrected chi connectivity index (χ2v) is 5.32. The van der Waals surface area contributed by atoms with Gasteiger partial charge in [-0.15, -0.1) is 0 Å². The molecule has 2 atom stereocenters. The Morgan fingerprint density at radius 2 is 2.30 bits per heavy atom. The lowest BCUT2D eigenvalue weighted by atomic mass is 9.86. The minimum Gasteiger partial charge on any atom is -0.465 e. The van der Waals surface area contributed by atoms with Crippen LogP contribution in [0.25, 0.3) is 11.1 Å². The van der Waals surface area contributed by atoms with E-state index in [2.05, 4.69) is 4.98 Å². The third-order valence-electron chi connectivity index (χ3n) is 4.04. The lowest BCUT2D eigenvalue weighted by molar-refractivity contribution is 0.107. The van der Waals surface area contributed by atoms with Gasteiger partial charge in [-0.05, 0) is 43.4 Å². The topological polar surface area (TPSA) is 86.5 Å². The van der Waals surface area contributed by atoms with Crippen LogP contribution in [-0.4, -0.2) is 33.7 Å². The molecule has 0 aliphatic carbocycles. The van der Waals surface area contributed by atoms with Crippen LogP contribution in [0.1, 0.15) is 31.2 Å². The predicted octanol–water partition coefficient (Wildman–Crippen LogP) is 2.37. The maximum atomic E-state index is 11.2. The van der Waals surface area contributed by atoms with Crippen molar-refractivity contribution < 1.29 is 14.3 Å². The molecule has 106 valence electrons. The largest absolute Gasteiger partial charge is 0.465 e. The van der Waals surface area contributed by atoms with Gasteiger partial charge >= 0.3 is 11.8 Å². The number of carbonyl (C=O) groups is 1. The first kappa shape index (κ1) is 12.8. The molecule has 0 spiro atoms. The number of H-pyrrole nitrogens is 1. The number of oxazole rings is 1. The number of likely N-dealkylation sites (tertiary alicyclic amines) is 1. The van der Waals surface area contributed by atoms with E-state index in [1.165, 1.54) is 4.90 Å². The van der Waals surface area contributed by atoms with Gasteiger partial charge in [0.25, 0.3) is 0 Å². The Bertz CT molecular complexity index is 703. The first-order chi connectivity index (χ1) is 9.54. The number of amides is 1. The molecule has 2 heterocycles. The number of aromatic amines is 1. The molecule has 1 amide bonds. The molecule has 0 radical (unpaired) electrons. The summed E-state index contributed by atoms with van der Waals surface area (Å²) < 4.78 is 5.07. The molecule has 1 aliphatic rings. The number of rotatable bonds is 1. The fourth-order valence-electron chi connectivity index (χ4n) is 2.97. The van der Waals surface area contributed by atoms with E-state index >= 15 is 0 Å². The van der Waals surface area contributed by atoms with Gasteiger partial charge in [-0.25, -0.2) is 9.59 Å². The molecule has 1 aliphatic heterocycles. The van der Waals surface area contributed by atoms with Crippen LogP contribution >= 0.6 is 0 Å². The summed E-state index contributed by atoms with van der Waals surface area (Å²) in [6.07, 6.45) is 0.714. The van der Waals surface area contributed by atoms with Gasteiger partial charge in [0.15, 0.2) is 5.58 Å². The monoisotopic (exact) mass is 276 g/mol. The van der Waals surface area contributed by atoms with Crippen LogP contribution in [0, 0.1) is 0 Å². The smallest absolute Gasteiger partial charge is 0.417 e. The van der Waals surface area contributed by atoms with Crippen molar-refractivity contribution in [3.05, 3.63) is 34.3 Å². The van der Waals surface area contributed by atoms with E-state index in [4.69, 9.17) is 9.52 Å². The Balaban J connectivity index is 1.85. The van der Waals surface area contributed by atoms with Gasteiger partial charge in [0, 0.05) is 12.6 Å². The van der Waals surface area contributed by atoms with Gasteiger partial charge in [-0.2, -0.15) is 0 Å². The molecule has 1 aromatic carbocycles. The summed E-state index contributed by atoms with van der Waals surface area (Å²) in [5, 5.41) is 9.08. The fourth-order valence-corrected chi connectivity index (χ4v) is 2.97. The molecule has 1 fully saturated rings. The standard InChI is InChI=1S/C14H16N2O4/c1-8-6-10(4-5-16(8)14(18)19)9-2-3-11-12(7-9)20-13(17)15-11/h2-3,7-8,10H,4-6H2,1H3,(H,15,17)(H,18,19)/t8-,10?/m0/s1. The number of nitrogens with zero attached hydrogens (tertiary/aromatic N) is 1. The number of hydrogen-bond acceptors (Lipinski definition) is 3. The van der Waals surface area contributed by atoms with Crippen molar-refractivity contribution in [2.24, 2.45) is 0 Å². The molecular formula is C14H16N2O4. The van der Waals surface area contributed by atoms with Crippen molar-refractivity contribution in [1.29, 1.82) is 0 Å². The van der Waals surface area contributed by atoms with Crippen LogP contribution in [0.15, 0.2) is 27.4 Å². The lowest BCUT2D eigenvalue weighted by Gasteiger charge is -2.36. The Hall–Kier alpha value is -2.24. The van der Waals surface area contributed by atoms with Gasteiger partial charge in [-0.1, -0.05) is 6.07 Å². The molecule has 0 saturated carbocycles. The summed E-state index contributed by atoms with van der Waals surface area (Å²) in [4.78, 5) is 26.3. The van der Waals surface area contributed by atoms with Gasteiger partial charge in [-0.3, -0.25) is 4.98 Å². The second-order valence-electron chi connectivity index (χ2n) is 5.32. The van der Waals surface area contributed by atoms with E-state index in [1.54, 1.807) is 0 Å². The average molecular weight is 276 g/mol. The maximum absolute atomic E-state index is 11.2. The van der Waals surface area contributed by atoms with E-state index in [0.29, 0.717) is 23.6 Å². The van der Waals surface area contributed by atoms with E-state index in [-0.39, 0.29) is 6.04 Å². The summed E-state index contributed by atoms with van der Waals surface area (Å²) in [6, 6.07) is 5.69. The summed E-state index contributed by atoms with van der Waals surface area (Å²) in [5.41, 5.74) is 2.34. The highest BCUT2D eigenvalue weighted by Crippen LogP contribution is 2.32. The molecule has 1 saturated heterocycles. The first-order valence-corrected chi connectivity index (χ1v) is 6.67. The summed E-state index contributed by atoms with van der Waals surface area (Å²) in [6.45, 7) is 2.46. The minimum atomic E-state index is -0.858. The average Bonchev–Trinajstić information content (AvgIpc) is 2.77.